The van der Waals surface area contributed by atoms with Crippen molar-refractivity contribution in [2.45, 2.75) is 13.8 Å². The topological polar surface area (TPSA) is 38.3 Å². The van der Waals surface area contributed by atoms with Crippen molar-refractivity contribution >= 4 is 29.3 Å². The maximum atomic E-state index is 12.0. The van der Waals surface area contributed by atoms with Gasteiger partial charge in [-0.25, -0.2) is 0 Å². The van der Waals surface area contributed by atoms with Crippen LogP contribution in [0.4, 0.5) is 5.69 Å². The van der Waals surface area contributed by atoms with Gasteiger partial charge in [0.05, 0.1) is 6.61 Å². The minimum Gasteiger partial charge on any atom is -0.494 e. The molecule has 4 heteroatoms. The molecular formula is C18H18ClNO2. The summed E-state index contributed by atoms with van der Waals surface area (Å²) in [4.78, 5) is 12.0. The molecule has 0 spiro atoms. The zero-order valence-corrected chi connectivity index (χ0v) is 13.4. The first-order valence-corrected chi connectivity index (χ1v) is 7.44. The highest BCUT2D eigenvalue weighted by molar-refractivity contribution is 6.31. The van der Waals surface area contributed by atoms with Crippen LogP contribution in [0.15, 0.2) is 48.5 Å². The van der Waals surface area contributed by atoms with Gasteiger partial charge >= 0.3 is 0 Å². The molecule has 0 aliphatic heterocycles. The molecule has 2 rings (SSSR count). The van der Waals surface area contributed by atoms with E-state index in [9.17, 15) is 4.79 Å². The van der Waals surface area contributed by atoms with E-state index >= 15 is 0 Å². The summed E-state index contributed by atoms with van der Waals surface area (Å²) in [7, 11) is 0. The molecule has 0 bridgehead atoms. The summed E-state index contributed by atoms with van der Waals surface area (Å²) in [5.74, 6) is 0.623. The van der Waals surface area contributed by atoms with Crippen molar-refractivity contribution < 1.29 is 9.53 Å². The zero-order valence-electron chi connectivity index (χ0n) is 12.6. The number of rotatable bonds is 5. The zero-order chi connectivity index (χ0) is 15.9. The van der Waals surface area contributed by atoms with Gasteiger partial charge in [0.15, 0.2) is 0 Å². The van der Waals surface area contributed by atoms with Gasteiger partial charge in [-0.15, -0.1) is 0 Å². The fraction of sp³-hybridized carbons (Fsp3) is 0.167. The van der Waals surface area contributed by atoms with Crippen molar-refractivity contribution in [2.75, 3.05) is 11.9 Å². The fourth-order valence-electron chi connectivity index (χ4n) is 1.92. The molecule has 0 heterocycles. The summed E-state index contributed by atoms with van der Waals surface area (Å²) in [6.45, 7) is 4.49. The first kappa shape index (κ1) is 16.1. The maximum absolute atomic E-state index is 12.0. The predicted octanol–water partition coefficient (Wildman–Crippen LogP) is 4.70. The van der Waals surface area contributed by atoms with Gasteiger partial charge in [0.1, 0.15) is 5.75 Å². The summed E-state index contributed by atoms with van der Waals surface area (Å²) >= 11 is 5.93. The molecule has 2 aromatic carbocycles. The molecule has 0 radical (unpaired) electrons. The number of nitrogens with one attached hydrogen (secondary N) is 1. The Morgan fingerprint density at radius 2 is 1.95 bits per heavy atom. The summed E-state index contributed by atoms with van der Waals surface area (Å²) in [6, 6.07) is 13.0. The van der Waals surface area contributed by atoms with Crippen LogP contribution in [0.5, 0.6) is 5.75 Å². The van der Waals surface area contributed by atoms with E-state index in [0.717, 1.165) is 16.9 Å². The van der Waals surface area contributed by atoms with Crippen LogP contribution in [-0.2, 0) is 4.79 Å². The summed E-state index contributed by atoms with van der Waals surface area (Å²) in [6.07, 6.45) is 3.25. The lowest BCUT2D eigenvalue weighted by atomic mass is 10.2. The molecule has 0 atom stereocenters. The van der Waals surface area contributed by atoms with E-state index in [4.69, 9.17) is 16.3 Å². The van der Waals surface area contributed by atoms with Crippen LogP contribution in [0.25, 0.3) is 6.08 Å². The third kappa shape index (κ3) is 4.64. The number of benzene rings is 2. The molecule has 1 N–H and O–H groups in total. The number of hydrogen-bond donors (Lipinski definition) is 1. The Balaban J connectivity index is 2.00. The van der Waals surface area contributed by atoms with E-state index in [2.05, 4.69) is 5.32 Å². The Hall–Kier alpha value is -2.26. The molecule has 0 aliphatic carbocycles. The summed E-state index contributed by atoms with van der Waals surface area (Å²) in [5, 5.41) is 3.41. The number of carbonyl (C=O) groups is 1. The molecular weight excluding hydrogens is 298 g/mol. The number of carbonyl (C=O) groups excluding carboxylic acids is 1. The molecule has 3 nitrogen and oxygen atoms in total. The second-order valence-corrected chi connectivity index (χ2v) is 5.22. The van der Waals surface area contributed by atoms with Crippen molar-refractivity contribution in [1.29, 1.82) is 0 Å². The van der Waals surface area contributed by atoms with Crippen molar-refractivity contribution in [3.8, 4) is 5.75 Å². The SMILES string of the molecule is CCOc1ccc(/C=C/C(=O)Nc2cc(Cl)ccc2C)cc1. The van der Waals surface area contributed by atoms with Crippen LogP contribution < -0.4 is 10.1 Å². The second kappa shape index (κ2) is 7.66. The van der Waals surface area contributed by atoms with E-state index in [-0.39, 0.29) is 5.91 Å². The highest BCUT2D eigenvalue weighted by Crippen LogP contribution is 2.20. The smallest absolute Gasteiger partial charge is 0.248 e. The van der Waals surface area contributed by atoms with Gasteiger partial charge in [-0.3, -0.25) is 4.79 Å². The molecule has 0 saturated heterocycles. The highest BCUT2D eigenvalue weighted by atomic mass is 35.5. The van der Waals surface area contributed by atoms with Gasteiger partial charge in [-0.1, -0.05) is 29.8 Å². The number of ether oxygens (including phenoxy) is 1. The number of aryl methyl sites for hydroxylation is 1. The van der Waals surface area contributed by atoms with Crippen molar-refractivity contribution in [2.24, 2.45) is 0 Å². The molecule has 22 heavy (non-hydrogen) atoms. The molecule has 0 saturated carbocycles. The van der Waals surface area contributed by atoms with Crippen molar-refractivity contribution in [3.05, 3.63) is 64.7 Å². The molecule has 0 aliphatic rings. The number of halogens is 1. The van der Waals surface area contributed by atoms with Crippen molar-refractivity contribution in [1.82, 2.24) is 0 Å². The first-order chi connectivity index (χ1) is 10.6. The van der Waals surface area contributed by atoms with Crippen molar-refractivity contribution in [3.63, 3.8) is 0 Å². The molecule has 114 valence electrons. The van der Waals surface area contributed by atoms with E-state index in [1.165, 1.54) is 6.08 Å². The van der Waals surface area contributed by atoms with E-state index in [0.29, 0.717) is 17.3 Å². The monoisotopic (exact) mass is 315 g/mol. The maximum Gasteiger partial charge on any atom is 0.248 e. The number of hydrogen-bond acceptors (Lipinski definition) is 2. The Kier molecular flexibility index (Phi) is 5.61. The highest BCUT2D eigenvalue weighted by Gasteiger charge is 2.02. The Bertz CT molecular complexity index is 678. The lowest BCUT2D eigenvalue weighted by molar-refractivity contribution is -0.111. The van der Waals surface area contributed by atoms with Crippen LogP contribution in [-0.4, -0.2) is 12.5 Å². The molecule has 0 aromatic heterocycles. The van der Waals surface area contributed by atoms with Crippen LogP contribution in [0.1, 0.15) is 18.1 Å². The van der Waals surface area contributed by atoms with Crippen LogP contribution in [0, 0.1) is 6.92 Å². The van der Waals surface area contributed by atoms with E-state index < -0.39 is 0 Å². The Labute approximate surface area is 135 Å². The molecule has 2 aromatic rings. The van der Waals surface area contributed by atoms with Gasteiger partial charge in [0.2, 0.25) is 5.91 Å². The lowest BCUT2D eigenvalue weighted by Crippen LogP contribution is -2.08. The van der Waals surface area contributed by atoms with E-state index in [1.807, 2.05) is 44.2 Å². The van der Waals surface area contributed by atoms with Crippen LogP contribution in [0.3, 0.4) is 0 Å². The number of anilines is 1. The molecule has 1 amide bonds. The minimum absolute atomic E-state index is 0.195. The molecule has 0 unspecified atom stereocenters. The van der Waals surface area contributed by atoms with Gasteiger partial charge in [-0.2, -0.15) is 0 Å². The largest absolute Gasteiger partial charge is 0.494 e. The van der Waals surface area contributed by atoms with Gasteiger partial charge in [-0.05, 0) is 55.3 Å². The molecule has 0 fully saturated rings. The van der Waals surface area contributed by atoms with Gasteiger partial charge < -0.3 is 10.1 Å². The second-order valence-electron chi connectivity index (χ2n) is 4.78. The summed E-state index contributed by atoms with van der Waals surface area (Å²) in [5.41, 5.74) is 2.61. The minimum atomic E-state index is -0.195. The van der Waals surface area contributed by atoms with Crippen LogP contribution >= 0.6 is 11.6 Å². The third-order valence-corrected chi connectivity index (χ3v) is 3.31. The predicted molar refractivity (Wildman–Crippen MR) is 91.5 cm³/mol. The third-order valence-electron chi connectivity index (χ3n) is 3.08. The standard InChI is InChI=1S/C18H18ClNO2/c1-3-22-16-9-5-14(6-10-16)7-11-18(21)20-17-12-15(19)8-4-13(17)2/h4-12H,3H2,1-2H3,(H,20,21)/b11-7+. The normalized spacial score (nSPS) is 10.7. The van der Waals surface area contributed by atoms with Crippen LogP contribution in [0.2, 0.25) is 5.02 Å². The average molecular weight is 316 g/mol. The Morgan fingerprint density at radius 1 is 1.23 bits per heavy atom. The number of amides is 1. The van der Waals surface area contributed by atoms with E-state index in [1.54, 1.807) is 18.2 Å². The first-order valence-electron chi connectivity index (χ1n) is 7.06. The fourth-order valence-corrected chi connectivity index (χ4v) is 2.09. The average Bonchev–Trinajstić information content (AvgIpc) is 2.51. The summed E-state index contributed by atoms with van der Waals surface area (Å²) < 4.78 is 5.37. The quantitative estimate of drug-likeness (QED) is 0.812. The lowest BCUT2D eigenvalue weighted by Gasteiger charge is -2.06. The Morgan fingerprint density at radius 3 is 2.64 bits per heavy atom. The van der Waals surface area contributed by atoms with Gasteiger partial charge in [0, 0.05) is 16.8 Å². The van der Waals surface area contributed by atoms with Gasteiger partial charge in [0.25, 0.3) is 0 Å².